The maximum atomic E-state index is 11.8. The van der Waals surface area contributed by atoms with Gasteiger partial charge in [0.15, 0.2) is 0 Å². The summed E-state index contributed by atoms with van der Waals surface area (Å²) in [6, 6.07) is 14.2. The number of amides is 1. The van der Waals surface area contributed by atoms with Crippen molar-refractivity contribution in [3.05, 3.63) is 80.5 Å². The van der Waals surface area contributed by atoms with Gasteiger partial charge in [-0.15, -0.1) is 0 Å². The van der Waals surface area contributed by atoms with E-state index in [1.54, 1.807) is 36.4 Å². The number of carbonyl (C=O) groups excluding carboxylic acids is 1. The maximum absolute atomic E-state index is 11.8. The monoisotopic (exact) mass is 432 g/mol. The summed E-state index contributed by atoms with van der Waals surface area (Å²) in [4.78, 5) is 22.2. The number of halogens is 2. The van der Waals surface area contributed by atoms with Crippen LogP contribution in [0.5, 0.6) is 0 Å². The van der Waals surface area contributed by atoms with E-state index in [-0.39, 0.29) is 18.1 Å². The van der Waals surface area contributed by atoms with E-state index >= 15 is 0 Å². The first-order chi connectivity index (χ1) is 13.9. The Kier molecular flexibility index (Phi) is 6.48. The van der Waals surface area contributed by atoms with Crippen LogP contribution < -0.4 is 10.7 Å². The molecule has 3 aromatic rings. The highest BCUT2D eigenvalue weighted by Gasteiger charge is 2.14. The van der Waals surface area contributed by atoms with Gasteiger partial charge in [-0.2, -0.15) is 5.10 Å². The van der Waals surface area contributed by atoms with E-state index in [9.17, 15) is 14.9 Å². The molecule has 0 aliphatic carbocycles. The first-order valence-corrected chi connectivity index (χ1v) is 9.03. The van der Waals surface area contributed by atoms with E-state index in [4.69, 9.17) is 27.6 Å². The summed E-state index contributed by atoms with van der Waals surface area (Å²) in [5.74, 6) is 0.328. The van der Waals surface area contributed by atoms with Gasteiger partial charge in [-0.25, -0.2) is 5.43 Å². The number of anilines is 1. The van der Waals surface area contributed by atoms with Gasteiger partial charge in [-0.1, -0.05) is 23.2 Å². The van der Waals surface area contributed by atoms with Gasteiger partial charge in [-0.05, 0) is 42.5 Å². The summed E-state index contributed by atoms with van der Waals surface area (Å²) < 4.78 is 5.57. The highest BCUT2D eigenvalue weighted by molar-refractivity contribution is 6.33. The predicted molar refractivity (Wildman–Crippen MR) is 111 cm³/mol. The molecule has 0 fully saturated rings. The second kappa shape index (κ2) is 9.22. The molecule has 0 saturated carbocycles. The first kappa shape index (κ1) is 20.4. The molecule has 1 aromatic heterocycles. The van der Waals surface area contributed by atoms with E-state index < -0.39 is 4.92 Å². The minimum absolute atomic E-state index is 0.0195. The number of benzene rings is 2. The Morgan fingerprint density at radius 1 is 1.14 bits per heavy atom. The lowest BCUT2D eigenvalue weighted by Crippen LogP contribution is -2.25. The summed E-state index contributed by atoms with van der Waals surface area (Å²) >= 11 is 11.9. The molecule has 0 bridgehead atoms. The van der Waals surface area contributed by atoms with Crippen molar-refractivity contribution in [1.29, 1.82) is 0 Å². The number of nitrogens with zero attached hydrogens (tertiary/aromatic N) is 2. The highest BCUT2D eigenvalue weighted by Crippen LogP contribution is 2.32. The number of hydrogen-bond donors (Lipinski definition) is 2. The Hall–Kier alpha value is -3.36. The largest absolute Gasteiger partial charge is 0.455 e. The van der Waals surface area contributed by atoms with Gasteiger partial charge in [-0.3, -0.25) is 14.9 Å². The number of non-ortho nitro benzene ring substituents is 1. The van der Waals surface area contributed by atoms with Crippen LogP contribution in [0.25, 0.3) is 11.3 Å². The number of nitro groups is 1. The van der Waals surface area contributed by atoms with Crippen LogP contribution >= 0.6 is 23.2 Å². The van der Waals surface area contributed by atoms with Gasteiger partial charge in [0, 0.05) is 28.4 Å². The van der Waals surface area contributed by atoms with E-state index in [0.29, 0.717) is 27.1 Å². The fourth-order valence-corrected chi connectivity index (χ4v) is 2.68. The zero-order chi connectivity index (χ0) is 20.8. The molecule has 0 atom stereocenters. The maximum Gasteiger partial charge on any atom is 0.270 e. The molecule has 3 rings (SSSR count). The summed E-state index contributed by atoms with van der Waals surface area (Å²) in [6.07, 6.45) is 1.31. The Balaban J connectivity index is 1.58. The summed E-state index contributed by atoms with van der Waals surface area (Å²) in [5.41, 5.74) is 3.40. The number of carbonyl (C=O) groups is 1. The Bertz CT molecular complexity index is 1060. The molecule has 0 saturated heterocycles. The van der Waals surface area contributed by atoms with Crippen LogP contribution in [0.2, 0.25) is 10.0 Å². The van der Waals surface area contributed by atoms with Crippen LogP contribution in [0, 0.1) is 10.1 Å². The summed E-state index contributed by atoms with van der Waals surface area (Å²) in [6.45, 7) is 0.0195. The number of hydrazone groups is 1. The summed E-state index contributed by atoms with van der Waals surface area (Å²) in [7, 11) is 0. The molecule has 0 radical (unpaired) electrons. The number of nitro benzene ring substituents is 1. The van der Waals surface area contributed by atoms with Crippen molar-refractivity contribution >= 4 is 46.7 Å². The van der Waals surface area contributed by atoms with Crippen LogP contribution in [0.1, 0.15) is 5.76 Å². The van der Waals surface area contributed by atoms with Crippen molar-refractivity contribution < 1.29 is 14.1 Å². The highest BCUT2D eigenvalue weighted by atomic mass is 35.5. The molecule has 0 aliphatic heterocycles. The van der Waals surface area contributed by atoms with Crippen LogP contribution in [-0.4, -0.2) is 23.6 Å². The average Bonchev–Trinajstić information content (AvgIpc) is 3.16. The van der Waals surface area contributed by atoms with Gasteiger partial charge >= 0.3 is 0 Å². The van der Waals surface area contributed by atoms with Crippen LogP contribution in [0.4, 0.5) is 11.4 Å². The Labute approximate surface area is 175 Å². The van der Waals surface area contributed by atoms with Crippen molar-refractivity contribution in [3.63, 3.8) is 0 Å². The molecule has 10 heteroatoms. The third-order valence-electron chi connectivity index (χ3n) is 3.73. The third-order valence-corrected chi connectivity index (χ3v) is 4.31. The van der Waals surface area contributed by atoms with E-state index in [2.05, 4.69) is 15.8 Å². The zero-order valence-corrected chi connectivity index (χ0v) is 16.3. The van der Waals surface area contributed by atoms with Crippen molar-refractivity contribution in [3.8, 4) is 11.3 Å². The molecular weight excluding hydrogens is 419 g/mol. The number of rotatable bonds is 7. The molecular formula is C19H14Cl2N4O4. The molecule has 0 spiro atoms. The topological polar surface area (TPSA) is 110 Å². The molecule has 0 unspecified atom stereocenters. The minimum atomic E-state index is -0.515. The second-order valence-corrected chi connectivity index (χ2v) is 6.62. The van der Waals surface area contributed by atoms with Gasteiger partial charge < -0.3 is 9.73 Å². The van der Waals surface area contributed by atoms with Crippen molar-refractivity contribution in [1.82, 2.24) is 5.43 Å². The fraction of sp³-hybridized carbons (Fsp3) is 0.0526. The van der Waals surface area contributed by atoms with E-state index in [1.165, 1.54) is 24.4 Å². The minimum Gasteiger partial charge on any atom is -0.455 e. The number of nitrogens with one attached hydrogen (secondary N) is 2. The predicted octanol–water partition coefficient (Wildman–Crippen LogP) is 4.72. The normalized spacial score (nSPS) is 10.8. The van der Waals surface area contributed by atoms with E-state index in [0.717, 1.165) is 5.69 Å². The van der Waals surface area contributed by atoms with Crippen LogP contribution in [0.15, 0.2) is 64.1 Å². The second-order valence-electron chi connectivity index (χ2n) is 5.78. The SMILES string of the molecule is O=C(CNc1ccc(Cl)cc1)N/N=C\c1ccc(-c2cc([N+](=O)[O-])ccc2Cl)o1. The third kappa shape index (κ3) is 5.56. The van der Waals surface area contributed by atoms with Crippen LogP contribution in [0.3, 0.4) is 0 Å². The standard InChI is InChI=1S/C19H14Cl2N4O4/c20-12-1-3-13(4-2-12)22-11-19(26)24-23-10-15-6-8-18(29-15)16-9-14(25(27)28)5-7-17(16)21/h1-10,22H,11H2,(H,24,26)/b23-10-. The quantitative estimate of drug-likeness (QED) is 0.318. The average molecular weight is 433 g/mol. The lowest BCUT2D eigenvalue weighted by molar-refractivity contribution is -0.384. The molecule has 29 heavy (non-hydrogen) atoms. The molecule has 1 amide bonds. The Morgan fingerprint density at radius 3 is 2.62 bits per heavy atom. The number of furan rings is 1. The molecule has 0 aliphatic rings. The molecule has 2 N–H and O–H groups in total. The fourth-order valence-electron chi connectivity index (χ4n) is 2.34. The molecule has 148 valence electrons. The van der Waals surface area contributed by atoms with Gasteiger partial charge in [0.2, 0.25) is 0 Å². The summed E-state index contributed by atoms with van der Waals surface area (Å²) in [5, 5.41) is 18.6. The molecule has 2 aromatic carbocycles. The number of hydrogen-bond acceptors (Lipinski definition) is 6. The Morgan fingerprint density at radius 2 is 1.90 bits per heavy atom. The molecule has 1 heterocycles. The lowest BCUT2D eigenvalue weighted by Gasteiger charge is -2.04. The van der Waals surface area contributed by atoms with E-state index in [1.807, 2.05) is 0 Å². The smallest absolute Gasteiger partial charge is 0.270 e. The zero-order valence-electron chi connectivity index (χ0n) is 14.8. The van der Waals surface area contributed by atoms with Crippen molar-refractivity contribution in [2.75, 3.05) is 11.9 Å². The van der Waals surface area contributed by atoms with Crippen molar-refractivity contribution in [2.45, 2.75) is 0 Å². The molecule has 8 nitrogen and oxygen atoms in total. The van der Waals surface area contributed by atoms with Gasteiger partial charge in [0.1, 0.15) is 11.5 Å². The van der Waals surface area contributed by atoms with Gasteiger partial charge in [0.05, 0.1) is 22.7 Å². The van der Waals surface area contributed by atoms with Crippen LogP contribution in [-0.2, 0) is 4.79 Å². The lowest BCUT2D eigenvalue weighted by atomic mass is 10.1. The van der Waals surface area contributed by atoms with Gasteiger partial charge in [0.25, 0.3) is 11.6 Å². The first-order valence-electron chi connectivity index (χ1n) is 8.28. The van der Waals surface area contributed by atoms with Crippen molar-refractivity contribution in [2.24, 2.45) is 5.10 Å².